The van der Waals surface area contributed by atoms with Crippen LogP contribution < -0.4 is 10.6 Å². The first-order valence-corrected chi connectivity index (χ1v) is 10.6. The molecule has 2 aromatic rings. The van der Waals surface area contributed by atoms with Crippen LogP contribution in [-0.4, -0.2) is 32.5 Å². The number of hydrogen-bond acceptors (Lipinski definition) is 4. The van der Waals surface area contributed by atoms with E-state index in [0.717, 1.165) is 11.1 Å². The lowest BCUT2D eigenvalue weighted by molar-refractivity contribution is -0.116. The number of amides is 2. The monoisotopic (exact) mass is 398 g/mol. The number of hydrogen-bond donors (Lipinski definition) is 2. The molecule has 0 radical (unpaired) electrons. The highest BCUT2D eigenvalue weighted by Crippen LogP contribution is 2.33. The third-order valence-corrected chi connectivity index (χ3v) is 6.62. The summed E-state index contributed by atoms with van der Waals surface area (Å²) < 4.78 is 24.4. The third kappa shape index (κ3) is 4.48. The third-order valence-electron chi connectivity index (χ3n) is 4.81. The zero-order valence-electron chi connectivity index (χ0n) is 15.4. The molecule has 1 heterocycles. The van der Waals surface area contributed by atoms with E-state index >= 15 is 0 Å². The Bertz CT molecular complexity index is 997. The van der Waals surface area contributed by atoms with Crippen molar-refractivity contribution in [1.82, 2.24) is 10.6 Å². The summed E-state index contributed by atoms with van der Waals surface area (Å²) in [5.41, 5.74) is 2.15. The van der Waals surface area contributed by atoms with Crippen LogP contribution in [0, 0.1) is 0 Å². The predicted octanol–water partition coefficient (Wildman–Crippen LogP) is 2.18. The minimum atomic E-state index is -3.23. The van der Waals surface area contributed by atoms with Gasteiger partial charge in [0.25, 0.3) is 5.91 Å². The first-order valence-electron chi connectivity index (χ1n) is 9.00. The Morgan fingerprint density at radius 2 is 1.79 bits per heavy atom. The molecule has 2 amide bonds. The second kappa shape index (κ2) is 8.39. The van der Waals surface area contributed by atoms with Gasteiger partial charge in [0.15, 0.2) is 9.84 Å². The summed E-state index contributed by atoms with van der Waals surface area (Å²) in [7, 11) is -3.23. The lowest BCUT2D eigenvalue weighted by Crippen LogP contribution is -2.32. The largest absolute Gasteiger partial charge is 0.351 e. The zero-order valence-corrected chi connectivity index (χ0v) is 16.2. The molecule has 0 fully saturated rings. The van der Waals surface area contributed by atoms with Crippen LogP contribution in [0.5, 0.6) is 0 Å². The molecule has 1 atom stereocenters. The normalized spacial score (nSPS) is 17.2. The van der Waals surface area contributed by atoms with Crippen molar-refractivity contribution in [3.63, 3.8) is 0 Å². The first-order chi connectivity index (χ1) is 13.4. The molecule has 0 saturated heterocycles. The zero-order chi connectivity index (χ0) is 20.1. The van der Waals surface area contributed by atoms with Gasteiger partial charge in [-0.05, 0) is 41.8 Å². The smallest absolute Gasteiger partial charge is 0.251 e. The maximum atomic E-state index is 12.4. The Labute approximate surface area is 164 Å². The molecule has 28 heavy (non-hydrogen) atoms. The van der Waals surface area contributed by atoms with Crippen LogP contribution in [0.4, 0.5) is 0 Å². The van der Waals surface area contributed by atoms with Crippen molar-refractivity contribution < 1.29 is 18.0 Å². The summed E-state index contributed by atoms with van der Waals surface area (Å²) in [5, 5.41) is 5.57. The van der Waals surface area contributed by atoms with Gasteiger partial charge < -0.3 is 10.6 Å². The number of fused-ring (bicyclic) bond motifs is 1. The van der Waals surface area contributed by atoms with Crippen molar-refractivity contribution in [1.29, 1.82) is 0 Å². The molecule has 0 saturated carbocycles. The van der Waals surface area contributed by atoms with E-state index in [2.05, 4.69) is 17.2 Å². The Morgan fingerprint density at radius 1 is 1.07 bits per heavy atom. The fourth-order valence-corrected chi connectivity index (χ4v) is 4.92. The van der Waals surface area contributed by atoms with Gasteiger partial charge in [-0.25, -0.2) is 8.42 Å². The van der Waals surface area contributed by atoms with Gasteiger partial charge in [0.05, 0.1) is 10.6 Å². The minimum Gasteiger partial charge on any atom is -0.351 e. The Morgan fingerprint density at radius 3 is 2.50 bits per heavy atom. The summed E-state index contributed by atoms with van der Waals surface area (Å²) in [6.07, 6.45) is 1.69. The summed E-state index contributed by atoms with van der Waals surface area (Å²) in [5.74, 6) is -0.406. The lowest BCUT2D eigenvalue weighted by Gasteiger charge is -2.25. The average molecular weight is 398 g/mol. The molecule has 0 aliphatic carbocycles. The fourth-order valence-electron chi connectivity index (χ4n) is 3.23. The van der Waals surface area contributed by atoms with Crippen LogP contribution in [-0.2, 0) is 21.2 Å². The molecule has 2 aromatic carbocycles. The molecule has 1 aliphatic heterocycles. The van der Waals surface area contributed by atoms with Gasteiger partial charge in [-0.15, -0.1) is 0 Å². The Hall–Kier alpha value is -2.93. The SMILES string of the molecule is C=CC(=O)NCc1ccc(C(=O)NCC2CCS(=O)(=O)c3ccccc32)cc1. The Kier molecular flexibility index (Phi) is 5.94. The van der Waals surface area contributed by atoms with Crippen molar-refractivity contribution in [2.24, 2.45) is 0 Å². The molecule has 0 spiro atoms. The topological polar surface area (TPSA) is 92.3 Å². The van der Waals surface area contributed by atoms with Gasteiger partial charge in [-0.3, -0.25) is 9.59 Å². The van der Waals surface area contributed by atoms with Gasteiger partial charge in [-0.1, -0.05) is 36.9 Å². The quantitative estimate of drug-likeness (QED) is 0.730. The van der Waals surface area contributed by atoms with Crippen LogP contribution in [0.15, 0.2) is 66.1 Å². The number of rotatable bonds is 6. The minimum absolute atomic E-state index is 0.0305. The summed E-state index contributed by atoms with van der Waals surface area (Å²) in [6, 6.07) is 13.9. The van der Waals surface area contributed by atoms with Crippen LogP contribution in [0.1, 0.15) is 33.8 Å². The number of carbonyl (C=O) groups is 2. The second-order valence-electron chi connectivity index (χ2n) is 6.67. The standard InChI is InChI=1S/C21H22N2O4S/c1-2-20(24)22-13-15-7-9-16(10-8-15)21(25)23-14-17-11-12-28(26,27)19-6-4-3-5-18(17)19/h2-10,17H,1,11-14H2,(H,22,24)(H,23,25). The molecule has 7 heteroatoms. The molecule has 6 nitrogen and oxygen atoms in total. The van der Waals surface area contributed by atoms with E-state index in [0.29, 0.717) is 30.0 Å². The van der Waals surface area contributed by atoms with E-state index < -0.39 is 9.84 Å². The molecule has 3 rings (SSSR count). The van der Waals surface area contributed by atoms with Gasteiger partial charge in [0, 0.05) is 24.6 Å². The molecular weight excluding hydrogens is 376 g/mol. The van der Waals surface area contributed by atoms with Gasteiger partial charge in [0.1, 0.15) is 0 Å². The average Bonchev–Trinajstić information content (AvgIpc) is 2.71. The van der Waals surface area contributed by atoms with E-state index in [1.165, 1.54) is 6.08 Å². The fraction of sp³-hybridized carbons (Fsp3) is 0.238. The second-order valence-corrected chi connectivity index (χ2v) is 8.75. The molecule has 146 valence electrons. The van der Waals surface area contributed by atoms with Crippen LogP contribution >= 0.6 is 0 Å². The van der Waals surface area contributed by atoms with E-state index in [-0.39, 0.29) is 23.5 Å². The van der Waals surface area contributed by atoms with Crippen LogP contribution in [0.3, 0.4) is 0 Å². The highest BCUT2D eigenvalue weighted by Gasteiger charge is 2.30. The van der Waals surface area contributed by atoms with Crippen molar-refractivity contribution in [3.05, 3.63) is 77.9 Å². The molecule has 1 unspecified atom stereocenters. The van der Waals surface area contributed by atoms with Gasteiger partial charge in [0.2, 0.25) is 5.91 Å². The van der Waals surface area contributed by atoms with Crippen molar-refractivity contribution in [3.8, 4) is 0 Å². The Balaban J connectivity index is 1.61. The molecule has 1 aliphatic rings. The molecular formula is C21H22N2O4S. The predicted molar refractivity (Wildman–Crippen MR) is 107 cm³/mol. The molecule has 2 N–H and O–H groups in total. The van der Waals surface area contributed by atoms with Crippen LogP contribution in [0.25, 0.3) is 0 Å². The summed E-state index contributed by atoms with van der Waals surface area (Å²) >= 11 is 0. The van der Waals surface area contributed by atoms with Gasteiger partial charge >= 0.3 is 0 Å². The number of carbonyl (C=O) groups excluding carboxylic acids is 2. The van der Waals surface area contributed by atoms with E-state index in [1.807, 2.05) is 12.1 Å². The van der Waals surface area contributed by atoms with E-state index in [4.69, 9.17) is 0 Å². The van der Waals surface area contributed by atoms with E-state index in [1.54, 1.807) is 36.4 Å². The number of sulfone groups is 1. The summed E-state index contributed by atoms with van der Waals surface area (Å²) in [6.45, 7) is 4.13. The van der Waals surface area contributed by atoms with Crippen molar-refractivity contribution in [2.45, 2.75) is 23.8 Å². The number of nitrogens with one attached hydrogen (secondary N) is 2. The summed E-state index contributed by atoms with van der Waals surface area (Å²) in [4.78, 5) is 24.0. The first kappa shape index (κ1) is 19.8. The lowest BCUT2D eigenvalue weighted by atomic mass is 9.95. The number of benzene rings is 2. The van der Waals surface area contributed by atoms with Crippen molar-refractivity contribution in [2.75, 3.05) is 12.3 Å². The maximum absolute atomic E-state index is 12.4. The van der Waals surface area contributed by atoms with Gasteiger partial charge in [-0.2, -0.15) is 0 Å². The highest BCUT2D eigenvalue weighted by atomic mass is 32.2. The molecule has 0 aromatic heterocycles. The maximum Gasteiger partial charge on any atom is 0.251 e. The highest BCUT2D eigenvalue weighted by molar-refractivity contribution is 7.91. The van der Waals surface area contributed by atoms with Crippen molar-refractivity contribution >= 4 is 21.7 Å². The molecule has 0 bridgehead atoms. The van der Waals surface area contributed by atoms with Crippen LogP contribution in [0.2, 0.25) is 0 Å². The van der Waals surface area contributed by atoms with E-state index in [9.17, 15) is 18.0 Å².